The molecule has 1 rings (SSSR count). The van der Waals surface area contributed by atoms with Crippen molar-refractivity contribution in [2.45, 2.75) is 52.4 Å². The summed E-state index contributed by atoms with van der Waals surface area (Å²) in [5.74, 6) is 0. The lowest BCUT2D eigenvalue weighted by atomic mass is 10.0. The van der Waals surface area contributed by atoms with Crippen LogP contribution in [-0.2, 0) is 0 Å². The summed E-state index contributed by atoms with van der Waals surface area (Å²) in [5, 5.41) is 0. The Hall–Kier alpha value is -0.520. The van der Waals surface area contributed by atoms with E-state index in [1.54, 1.807) is 11.1 Å². The second kappa shape index (κ2) is 5.18. The molecule has 0 heteroatoms. The fourth-order valence-corrected chi connectivity index (χ4v) is 1.63. The summed E-state index contributed by atoms with van der Waals surface area (Å²) in [5.41, 5.74) is 3.20. The van der Waals surface area contributed by atoms with E-state index in [1.807, 2.05) is 0 Å². The van der Waals surface area contributed by atoms with Crippen molar-refractivity contribution in [3.63, 3.8) is 0 Å². The Kier molecular flexibility index (Phi) is 4.13. The molecule has 0 aromatic rings. The van der Waals surface area contributed by atoms with Crippen LogP contribution in [0.5, 0.6) is 0 Å². The van der Waals surface area contributed by atoms with Gasteiger partial charge in [0.2, 0.25) is 0 Å². The predicted molar refractivity (Wildman–Crippen MR) is 55.2 cm³/mol. The van der Waals surface area contributed by atoms with E-state index in [0.29, 0.717) is 0 Å². The molecule has 0 fully saturated rings. The molecule has 12 heavy (non-hydrogen) atoms. The van der Waals surface area contributed by atoms with Gasteiger partial charge >= 0.3 is 0 Å². The van der Waals surface area contributed by atoms with Crippen LogP contribution in [-0.4, -0.2) is 0 Å². The molecule has 0 atom stereocenters. The highest BCUT2D eigenvalue weighted by molar-refractivity contribution is 5.19. The van der Waals surface area contributed by atoms with Gasteiger partial charge in [0.05, 0.1) is 0 Å². The molecule has 0 radical (unpaired) electrons. The summed E-state index contributed by atoms with van der Waals surface area (Å²) in [6, 6.07) is 0. The van der Waals surface area contributed by atoms with E-state index < -0.39 is 0 Å². The highest BCUT2D eigenvalue weighted by Gasteiger charge is 2.01. The summed E-state index contributed by atoms with van der Waals surface area (Å²) >= 11 is 0. The van der Waals surface area contributed by atoms with E-state index in [4.69, 9.17) is 0 Å². The topological polar surface area (TPSA) is 0 Å². The number of hydrogen-bond acceptors (Lipinski definition) is 0. The third kappa shape index (κ3) is 3.25. The van der Waals surface area contributed by atoms with Crippen LogP contribution in [0.25, 0.3) is 0 Å². The first-order valence-electron chi connectivity index (χ1n) is 5.18. The van der Waals surface area contributed by atoms with Crippen LogP contribution in [0.15, 0.2) is 23.3 Å². The molecule has 0 saturated carbocycles. The molecule has 1 aliphatic carbocycles. The number of rotatable bonds is 3. The fourth-order valence-electron chi connectivity index (χ4n) is 1.63. The van der Waals surface area contributed by atoms with E-state index in [2.05, 4.69) is 26.0 Å². The smallest absolute Gasteiger partial charge is 0.0314 e. The van der Waals surface area contributed by atoms with Crippen molar-refractivity contribution in [2.24, 2.45) is 0 Å². The molecule has 0 amide bonds. The second-order valence-corrected chi connectivity index (χ2v) is 3.80. The lowest BCUT2D eigenvalue weighted by molar-refractivity contribution is 0.725. The van der Waals surface area contributed by atoms with Gasteiger partial charge in [0.15, 0.2) is 0 Å². The minimum absolute atomic E-state index is 1.30. The summed E-state index contributed by atoms with van der Waals surface area (Å²) < 4.78 is 0. The minimum atomic E-state index is 1.30. The van der Waals surface area contributed by atoms with E-state index in [1.165, 1.54) is 38.5 Å². The maximum Gasteiger partial charge on any atom is -0.0314 e. The van der Waals surface area contributed by atoms with Crippen LogP contribution in [0.4, 0.5) is 0 Å². The van der Waals surface area contributed by atoms with Gasteiger partial charge in [-0.2, -0.15) is 0 Å². The monoisotopic (exact) mass is 164 g/mol. The molecule has 68 valence electrons. The average Bonchev–Trinajstić information content (AvgIpc) is 2.27. The van der Waals surface area contributed by atoms with E-state index in [9.17, 15) is 0 Å². The molecule has 0 N–H and O–H groups in total. The standard InChI is InChI=1S/C12H20/c1-3-4-7-12-8-5-6-11(2)9-10-12/h9-10H,3-8H2,1-2H3. The minimum Gasteiger partial charge on any atom is -0.0733 e. The van der Waals surface area contributed by atoms with Gasteiger partial charge < -0.3 is 0 Å². The summed E-state index contributed by atoms with van der Waals surface area (Å²) in [7, 11) is 0. The van der Waals surface area contributed by atoms with Gasteiger partial charge in [-0.25, -0.2) is 0 Å². The van der Waals surface area contributed by atoms with Crippen molar-refractivity contribution in [1.29, 1.82) is 0 Å². The first-order valence-corrected chi connectivity index (χ1v) is 5.18. The Morgan fingerprint density at radius 3 is 2.83 bits per heavy atom. The van der Waals surface area contributed by atoms with E-state index in [-0.39, 0.29) is 0 Å². The number of hydrogen-bond donors (Lipinski definition) is 0. The molecule has 0 bridgehead atoms. The second-order valence-electron chi connectivity index (χ2n) is 3.80. The molecule has 0 saturated heterocycles. The van der Waals surface area contributed by atoms with Gasteiger partial charge in [0.1, 0.15) is 0 Å². The van der Waals surface area contributed by atoms with Crippen LogP contribution >= 0.6 is 0 Å². The summed E-state index contributed by atoms with van der Waals surface area (Å²) in [6.45, 7) is 4.50. The van der Waals surface area contributed by atoms with Gasteiger partial charge in [-0.3, -0.25) is 0 Å². The van der Waals surface area contributed by atoms with Crippen LogP contribution in [0, 0.1) is 0 Å². The van der Waals surface area contributed by atoms with Gasteiger partial charge in [0.25, 0.3) is 0 Å². The summed E-state index contributed by atoms with van der Waals surface area (Å²) in [6.07, 6.45) is 12.6. The molecule has 0 heterocycles. The Bertz CT molecular complexity index is 184. The Labute approximate surface area is 76.4 Å². The Balaban J connectivity index is 2.42. The fraction of sp³-hybridized carbons (Fsp3) is 0.667. The van der Waals surface area contributed by atoms with Crippen molar-refractivity contribution in [3.8, 4) is 0 Å². The molecule has 0 spiro atoms. The average molecular weight is 164 g/mol. The lowest BCUT2D eigenvalue weighted by Crippen LogP contribution is -1.83. The van der Waals surface area contributed by atoms with Crippen LogP contribution in [0.1, 0.15) is 52.4 Å². The molecule has 0 nitrogen and oxygen atoms in total. The number of unbranched alkanes of at least 4 members (excludes halogenated alkanes) is 1. The van der Waals surface area contributed by atoms with Crippen molar-refractivity contribution in [2.75, 3.05) is 0 Å². The van der Waals surface area contributed by atoms with E-state index >= 15 is 0 Å². The highest BCUT2D eigenvalue weighted by atomic mass is 14.1. The maximum absolute atomic E-state index is 2.35. The van der Waals surface area contributed by atoms with Crippen LogP contribution in [0.3, 0.4) is 0 Å². The normalized spacial score (nSPS) is 18.2. The zero-order chi connectivity index (χ0) is 8.81. The zero-order valence-electron chi connectivity index (χ0n) is 8.40. The van der Waals surface area contributed by atoms with E-state index in [0.717, 1.165) is 0 Å². The van der Waals surface area contributed by atoms with Crippen molar-refractivity contribution >= 4 is 0 Å². The molecular weight excluding hydrogens is 144 g/mol. The highest BCUT2D eigenvalue weighted by Crippen LogP contribution is 2.20. The van der Waals surface area contributed by atoms with Crippen molar-refractivity contribution in [3.05, 3.63) is 23.3 Å². The zero-order valence-corrected chi connectivity index (χ0v) is 8.40. The van der Waals surface area contributed by atoms with Crippen molar-refractivity contribution in [1.82, 2.24) is 0 Å². The lowest BCUT2D eigenvalue weighted by Gasteiger charge is -2.02. The Morgan fingerprint density at radius 1 is 1.25 bits per heavy atom. The predicted octanol–water partition coefficient (Wildman–Crippen LogP) is 4.23. The van der Waals surface area contributed by atoms with Gasteiger partial charge in [-0.15, -0.1) is 0 Å². The molecule has 0 aromatic carbocycles. The quantitative estimate of drug-likeness (QED) is 0.585. The Morgan fingerprint density at radius 2 is 2.08 bits per heavy atom. The first kappa shape index (κ1) is 9.57. The van der Waals surface area contributed by atoms with Crippen molar-refractivity contribution < 1.29 is 0 Å². The third-order valence-corrected chi connectivity index (χ3v) is 2.52. The summed E-state index contributed by atoms with van der Waals surface area (Å²) in [4.78, 5) is 0. The van der Waals surface area contributed by atoms with Gasteiger partial charge in [0, 0.05) is 0 Å². The third-order valence-electron chi connectivity index (χ3n) is 2.52. The van der Waals surface area contributed by atoms with Gasteiger partial charge in [-0.05, 0) is 39.0 Å². The molecular formula is C12H20. The molecule has 0 aromatic heterocycles. The van der Waals surface area contributed by atoms with Crippen LogP contribution in [0.2, 0.25) is 0 Å². The van der Waals surface area contributed by atoms with Crippen LogP contribution < -0.4 is 0 Å². The number of allylic oxidation sites excluding steroid dienone is 4. The SMILES string of the molecule is CCCCC1=CC=C(C)CCC1. The molecule has 1 aliphatic rings. The largest absolute Gasteiger partial charge is 0.0733 e. The molecule has 0 unspecified atom stereocenters. The maximum atomic E-state index is 2.35. The molecule has 0 aliphatic heterocycles. The first-order chi connectivity index (χ1) is 5.83. The van der Waals surface area contributed by atoms with Gasteiger partial charge in [-0.1, -0.05) is 36.6 Å².